The number of aromatic amines is 1. The van der Waals surface area contributed by atoms with Crippen LogP contribution in [0.3, 0.4) is 0 Å². The number of urea groups is 1. The first-order valence-corrected chi connectivity index (χ1v) is 8.53. The number of aromatic nitrogens is 3. The van der Waals surface area contributed by atoms with Gasteiger partial charge in [0, 0.05) is 47.0 Å². The zero-order valence-corrected chi connectivity index (χ0v) is 14.6. The van der Waals surface area contributed by atoms with Crippen LogP contribution in [0.1, 0.15) is 12.5 Å². The van der Waals surface area contributed by atoms with Crippen molar-refractivity contribution in [3.63, 3.8) is 0 Å². The van der Waals surface area contributed by atoms with Crippen molar-refractivity contribution in [1.29, 1.82) is 0 Å². The van der Waals surface area contributed by atoms with Crippen molar-refractivity contribution >= 4 is 33.5 Å². The van der Waals surface area contributed by atoms with Gasteiger partial charge in [-0.2, -0.15) is 0 Å². The molecule has 6 nitrogen and oxygen atoms in total. The Labute approximate surface area is 150 Å². The highest BCUT2D eigenvalue weighted by molar-refractivity contribution is 5.95. The number of anilines is 1. The number of pyridine rings is 2. The summed E-state index contributed by atoms with van der Waals surface area (Å²) in [7, 11) is 0. The van der Waals surface area contributed by atoms with Gasteiger partial charge < -0.3 is 10.3 Å². The summed E-state index contributed by atoms with van der Waals surface area (Å²) >= 11 is 0. The molecule has 3 aromatic heterocycles. The molecular weight excluding hydrogens is 326 g/mol. The van der Waals surface area contributed by atoms with Crippen molar-refractivity contribution in [3.05, 3.63) is 54.5 Å². The van der Waals surface area contributed by atoms with E-state index in [4.69, 9.17) is 0 Å². The summed E-state index contributed by atoms with van der Waals surface area (Å²) in [4.78, 5) is 23.9. The second-order valence-electron chi connectivity index (χ2n) is 6.20. The normalized spacial score (nSPS) is 11.0. The van der Waals surface area contributed by atoms with E-state index in [1.807, 2.05) is 37.5 Å². The summed E-state index contributed by atoms with van der Waals surface area (Å²) in [5.41, 5.74) is 4.10. The van der Waals surface area contributed by atoms with E-state index < -0.39 is 0 Å². The molecule has 0 saturated heterocycles. The molecule has 0 spiro atoms. The first kappa shape index (κ1) is 16.1. The predicted molar refractivity (Wildman–Crippen MR) is 104 cm³/mol. The smallest absolute Gasteiger partial charge is 0.320 e. The molecule has 2 amide bonds. The minimum Gasteiger partial charge on any atom is -0.361 e. The predicted octanol–water partition coefficient (Wildman–Crippen LogP) is 4.23. The van der Waals surface area contributed by atoms with E-state index in [2.05, 4.69) is 44.6 Å². The SMILES string of the molecule is CCNC(=O)Nc1cc2cc(-c3cc4[nH]ccc4cn3)cc(C)c2cn1. The minimum absolute atomic E-state index is 0.258. The number of nitrogens with zero attached hydrogens (tertiary/aromatic N) is 2. The lowest BCUT2D eigenvalue weighted by atomic mass is 10.0. The van der Waals surface area contributed by atoms with Crippen LogP contribution in [-0.2, 0) is 0 Å². The van der Waals surface area contributed by atoms with Gasteiger partial charge in [0.15, 0.2) is 0 Å². The molecule has 0 atom stereocenters. The van der Waals surface area contributed by atoms with Crippen molar-refractivity contribution in [2.24, 2.45) is 0 Å². The van der Waals surface area contributed by atoms with Crippen LogP contribution < -0.4 is 10.6 Å². The molecule has 1 aromatic carbocycles. The Morgan fingerprint density at radius 1 is 1.12 bits per heavy atom. The Hall–Kier alpha value is -3.41. The highest BCUT2D eigenvalue weighted by Gasteiger charge is 2.08. The summed E-state index contributed by atoms with van der Waals surface area (Å²) in [6, 6.07) is 9.86. The number of hydrogen-bond donors (Lipinski definition) is 3. The van der Waals surface area contributed by atoms with Gasteiger partial charge in [-0.1, -0.05) is 0 Å². The number of hydrogen-bond acceptors (Lipinski definition) is 3. The Morgan fingerprint density at radius 2 is 2.00 bits per heavy atom. The lowest BCUT2D eigenvalue weighted by Gasteiger charge is -2.10. The number of fused-ring (bicyclic) bond motifs is 2. The van der Waals surface area contributed by atoms with Crippen molar-refractivity contribution < 1.29 is 4.79 Å². The molecule has 0 aliphatic heterocycles. The van der Waals surface area contributed by atoms with Crippen LogP contribution in [0.5, 0.6) is 0 Å². The fraction of sp³-hybridized carbons (Fsp3) is 0.150. The van der Waals surface area contributed by atoms with E-state index in [-0.39, 0.29) is 6.03 Å². The molecule has 0 radical (unpaired) electrons. The Bertz CT molecular complexity index is 1120. The molecular formula is C20H19N5O. The third kappa shape index (κ3) is 2.97. The summed E-state index contributed by atoms with van der Waals surface area (Å²) in [5, 5.41) is 8.60. The molecule has 3 N–H and O–H groups in total. The van der Waals surface area contributed by atoms with Crippen LogP contribution in [0, 0.1) is 6.92 Å². The fourth-order valence-corrected chi connectivity index (χ4v) is 3.08. The monoisotopic (exact) mass is 345 g/mol. The minimum atomic E-state index is -0.258. The topological polar surface area (TPSA) is 82.7 Å². The van der Waals surface area contributed by atoms with Gasteiger partial charge in [0.2, 0.25) is 0 Å². The largest absolute Gasteiger partial charge is 0.361 e. The molecule has 26 heavy (non-hydrogen) atoms. The van der Waals surface area contributed by atoms with E-state index in [0.29, 0.717) is 12.4 Å². The Balaban J connectivity index is 1.76. The van der Waals surface area contributed by atoms with E-state index in [1.165, 1.54) is 0 Å². The highest BCUT2D eigenvalue weighted by atomic mass is 16.2. The van der Waals surface area contributed by atoms with Gasteiger partial charge in [-0.15, -0.1) is 0 Å². The standard InChI is InChI=1S/C20H19N5O/c1-3-21-20(26)25-19-8-14-7-15(6-12(2)16(14)11-24-19)18-9-17-13(10-23-18)4-5-22-17/h4-11,22H,3H2,1-2H3,(H2,21,24,25,26). The maximum Gasteiger partial charge on any atom is 0.320 e. The van der Waals surface area contributed by atoms with E-state index in [9.17, 15) is 4.79 Å². The van der Waals surface area contributed by atoms with Crippen LogP contribution in [0.2, 0.25) is 0 Å². The van der Waals surface area contributed by atoms with Crippen LogP contribution in [0.25, 0.3) is 32.9 Å². The Kier molecular flexibility index (Phi) is 4.01. The molecule has 0 aliphatic rings. The number of nitrogens with one attached hydrogen (secondary N) is 3. The van der Waals surface area contributed by atoms with E-state index >= 15 is 0 Å². The number of H-pyrrole nitrogens is 1. The molecule has 0 bridgehead atoms. The number of rotatable bonds is 3. The van der Waals surface area contributed by atoms with Crippen molar-refractivity contribution in [1.82, 2.24) is 20.3 Å². The molecule has 0 fully saturated rings. The molecule has 6 heteroatoms. The lowest BCUT2D eigenvalue weighted by Crippen LogP contribution is -2.28. The number of carbonyl (C=O) groups excluding carboxylic acids is 1. The van der Waals surface area contributed by atoms with Crippen molar-refractivity contribution in [2.45, 2.75) is 13.8 Å². The first-order chi connectivity index (χ1) is 12.6. The molecule has 4 aromatic rings. The highest BCUT2D eigenvalue weighted by Crippen LogP contribution is 2.28. The van der Waals surface area contributed by atoms with E-state index in [1.54, 1.807) is 6.20 Å². The third-order valence-corrected chi connectivity index (χ3v) is 4.36. The molecule has 3 heterocycles. The maximum absolute atomic E-state index is 11.7. The van der Waals surface area contributed by atoms with Gasteiger partial charge in [-0.25, -0.2) is 9.78 Å². The van der Waals surface area contributed by atoms with Crippen molar-refractivity contribution in [2.75, 3.05) is 11.9 Å². The zero-order valence-electron chi connectivity index (χ0n) is 14.6. The summed E-state index contributed by atoms with van der Waals surface area (Å²) < 4.78 is 0. The maximum atomic E-state index is 11.7. The summed E-state index contributed by atoms with van der Waals surface area (Å²) in [6.07, 6.45) is 5.57. The quantitative estimate of drug-likeness (QED) is 0.520. The fourth-order valence-electron chi connectivity index (χ4n) is 3.08. The lowest BCUT2D eigenvalue weighted by molar-refractivity contribution is 0.252. The van der Waals surface area contributed by atoms with Crippen LogP contribution >= 0.6 is 0 Å². The number of benzene rings is 1. The summed E-state index contributed by atoms with van der Waals surface area (Å²) in [6.45, 7) is 4.49. The second-order valence-corrected chi connectivity index (χ2v) is 6.20. The molecule has 130 valence electrons. The molecule has 0 unspecified atom stereocenters. The van der Waals surface area contributed by atoms with E-state index in [0.717, 1.165) is 38.5 Å². The first-order valence-electron chi connectivity index (χ1n) is 8.53. The number of aryl methyl sites for hydroxylation is 1. The van der Waals surface area contributed by atoms with Gasteiger partial charge >= 0.3 is 6.03 Å². The number of amides is 2. The van der Waals surface area contributed by atoms with Gasteiger partial charge in [-0.3, -0.25) is 10.3 Å². The third-order valence-electron chi connectivity index (χ3n) is 4.36. The van der Waals surface area contributed by atoms with Gasteiger partial charge in [0.25, 0.3) is 0 Å². The zero-order chi connectivity index (χ0) is 18.1. The number of carbonyl (C=O) groups is 1. The molecule has 0 aliphatic carbocycles. The molecule has 4 rings (SSSR count). The van der Waals surface area contributed by atoms with Crippen LogP contribution in [0.4, 0.5) is 10.6 Å². The Morgan fingerprint density at radius 3 is 2.85 bits per heavy atom. The summed E-state index contributed by atoms with van der Waals surface area (Å²) in [5.74, 6) is 0.521. The van der Waals surface area contributed by atoms with Crippen molar-refractivity contribution in [3.8, 4) is 11.3 Å². The average molecular weight is 345 g/mol. The molecule has 0 saturated carbocycles. The average Bonchev–Trinajstić information content (AvgIpc) is 3.09. The van der Waals surface area contributed by atoms with Crippen LogP contribution in [0.15, 0.2) is 48.9 Å². The van der Waals surface area contributed by atoms with Crippen LogP contribution in [-0.4, -0.2) is 27.5 Å². The van der Waals surface area contributed by atoms with Gasteiger partial charge in [-0.05, 0) is 55.1 Å². The van der Waals surface area contributed by atoms with Gasteiger partial charge in [0.1, 0.15) is 5.82 Å². The van der Waals surface area contributed by atoms with Gasteiger partial charge in [0.05, 0.1) is 5.69 Å². The second kappa shape index (κ2) is 6.48.